The zero-order chi connectivity index (χ0) is 14.1. The molecular weight excluding hydrogens is 250 g/mol. The van der Waals surface area contributed by atoms with Crippen molar-refractivity contribution in [3.05, 3.63) is 35.5 Å². The topological polar surface area (TPSA) is 29.5 Å². The van der Waals surface area contributed by atoms with Crippen LogP contribution in [0.15, 0.2) is 30.0 Å². The van der Waals surface area contributed by atoms with Crippen molar-refractivity contribution in [2.45, 2.75) is 32.8 Å². The summed E-state index contributed by atoms with van der Waals surface area (Å²) in [5, 5.41) is 0. The summed E-state index contributed by atoms with van der Waals surface area (Å²) < 4.78 is 5.71. The maximum absolute atomic E-state index is 12.3. The SMILES string of the molecule is CC(C)Oc1cccc(/C=C2/C(=O)C3CCN2CC3)c1. The van der Waals surface area contributed by atoms with E-state index in [-0.39, 0.29) is 12.0 Å². The molecule has 0 saturated carbocycles. The lowest BCUT2D eigenvalue weighted by Crippen LogP contribution is -2.45. The summed E-state index contributed by atoms with van der Waals surface area (Å²) >= 11 is 0. The van der Waals surface area contributed by atoms with Gasteiger partial charge in [-0.2, -0.15) is 0 Å². The van der Waals surface area contributed by atoms with Gasteiger partial charge in [0.15, 0.2) is 5.78 Å². The maximum Gasteiger partial charge on any atom is 0.182 e. The lowest BCUT2D eigenvalue weighted by Gasteiger charge is -2.41. The number of Topliss-reactive ketones (excluding diaryl/α,β-unsaturated/α-hetero) is 1. The number of fused-ring (bicyclic) bond motifs is 3. The van der Waals surface area contributed by atoms with Gasteiger partial charge in [-0.3, -0.25) is 4.79 Å². The number of ketones is 1. The van der Waals surface area contributed by atoms with Gasteiger partial charge >= 0.3 is 0 Å². The number of hydrogen-bond acceptors (Lipinski definition) is 3. The molecule has 3 saturated heterocycles. The molecule has 0 atom stereocenters. The fraction of sp³-hybridized carbons (Fsp3) is 0.471. The summed E-state index contributed by atoms with van der Waals surface area (Å²) in [6.45, 7) is 6.07. The molecule has 3 heteroatoms. The van der Waals surface area contributed by atoms with Crippen LogP contribution in [0.3, 0.4) is 0 Å². The third-order valence-corrected chi connectivity index (χ3v) is 3.99. The Kier molecular flexibility index (Phi) is 3.51. The van der Waals surface area contributed by atoms with E-state index < -0.39 is 0 Å². The van der Waals surface area contributed by atoms with Crippen molar-refractivity contribution in [2.75, 3.05) is 13.1 Å². The van der Waals surface area contributed by atoms with Crippen molar-refractivity contribution < 1.29 is 9.53 Å². The number of ether oxygens (including phenoxy) is 1. The van der Waals surface area contributed by atoms with Crippen LogP contribution >= 0.6 is 0 Å². The molecule has 4 rings (SSSR count). The van der Waals surface area contributed by atoms with Gasteiger partial charge < -0.3 is 9.64 Å². The second-order valence-electron chi connectivity index (χ2n) is 5.89. The highest BCUT2D eigenvalue weighted by molar-refractivity contribution is 6.01. The molecule has 20 heavy (non-hydrogen) atoms. The van der Waals surface area contributed by atoms with E-state index in [9.17, 15) is 4.79 Å². The van der Waals surface area contributed by atoms with E-state index in [1.807, 2.05) is 44.2 Å². The quantitative estimate of drug-likeness (QED) is 0.791. The Hall–Kier alpha value is -1.77. The average Bonchev–Trinajstić information content (AvgIpc) is 2.43. The Balaban J connectivity index is 1.86. The zero-order valence-electron chi connectivity index (χ0n) is 12.1. The number of hydrogen-bond donors (Lipinski definition) is 0. The van der Waals surface area contributed by atoms with E-state index in [1.165, 1.54) is 0 Å². The highest BCUT2D eigenvalue weighted by atomic mass is 16.5. The van der Waals surface area contributed by atoms with Gasteiger partial charge in [-0.1, -0.05) is 12.1 Å². The molecule has 3 aliphatic rings. The molecule has 0 N–H and O–H groups in total. The van der Waals surface area contributed by atoms with Crippen molar-refractivity contribution in [2.24, 2.45) is 5.92 Å². The highest BCUT2D eigenvalue weighted by Crippen LogP contribution is 2.32. The first kappa shape index (κ1) is 13.2. The van der Waals surface area contributed by atoms with E-state index in [1.54, 1.807) is 0 Å². The molecule has 0 spiro atoms. The molecule has 3 fully saturated rings. The van der Waals surface area contributed by atoms with E-state index in [0.717, 1.165) is 42.9 Å². The van der Waals surface area contributed by atoms with Gasteiger partial charge in [0, 0.05) is 19.0 Å². The minimum atomic E-state index is 0.161. The molecule has 3 aliphatic heterocycles. The highest BCUT2D eigenvalue weighted by Gasteiger charge is 2.36. The average molecular weight is 271 g/mol. The number of carbonyl (C=O) groups is 1. The smallest absolute Gasteiger partial charge is 0.182 e. The standard InChI is InChI=1S/C17H21NO2/c1-12(2)20-15-5-3-4-13(10-15)11-16-17(19)14-6-8-18(16)9-7-14/h3-5,10-12,14H,6-9H2,1-2H3/b16-11-. The second-order valence-corrected chi connectivity index (χ2v) is 5.89. The van der Waals surface area contributed by atoms with E-state index in [2.05, 4.69) is 4.90 Å². The van der Waals surface area contributed by atoms with E-state index in [4.69, 9.17) is 4.74 Å². The summed E-state index contributed by atoms with van der Waals surface area (Å²) in [5.41, 5.74) is 1.92. The van der Waals surface area contributed by atoms with Gasteiger partial charge in [0.05, 0.1) is 11.8 Å². The van der Waals surface area contributed by atoms with Crippen molar-refractivity contribution in [1.82, 2.24) is 4.90 Å². The lowest BCUT2D eigenvalue weighted by molar-refractivity contribution is -0.125. The van der Waals surface area contributed by atoms with Crippen LogP contribution < -0.4 is 4.74 Å². The van der Waals surface area contributed by atoms with Crippen LogP contribution in [-0.4, -0.2) is 29.9 Å². The molecule has 3 nitrogen and oxygen atoms in total. The molecule has 2 bridgehead atoms. The van der Waals surface area contributed by atoms with Crippen molar-refractivity contribution in [1.29, 1.82) is 0 Å². The number of allylic oxidation sites excluding steroid dienone is 1. The minimum absolute atomic E-state index is 0.161. The van der Waals surface area contributed by atoms with Crippen LogP contribution in [-0.2, 0) is 4.79 Å². The number of rotatable bonds is 3. The molecule has 106 valence electrons. The van der Waals surface area contributed by atoms with Gasteiger partial charge in [-0.05, 0) is 50.5 Å². The molecular formula is C17H21NO2. The molecule has 0 radical (unpaired) electrons. The number of nitrogens with zero attached hydrogens (tertiary/aromatic N) is 1. The van der Waals surface area contributed by atoms with Crippen LogP contribution in [0.25, 0.3) is 6.08 Å². The van der Waals surface area contributed by atoms with Crippen LogP contribution in [0, 0.1) is 5.92 Å². The molecule has 1 aromatic rings. The number of piperidine rings is 3. The maximum atomic E-state index is 12.3. The third kappa shape index (κ3) is 2.58. The first-order valence-electron chi connectivity index (χ1n) is 7.41. The third-order valence-electron chi connectivity index (χ3n) is 3.99. The van der Waals surface area contributed by atoms with Gasteiger partial charge in [0.25, 0.3) is 0 Å². The monoisotopic (exact) mass is 271 g/mol. The lowest BCUT2D eigenvalue weighted by atomic mass is 9.84. The summed E-state index contributed by atoms with van der Waals surface area (Å²) in [5.74, 6) is 1.43. The van der Waals surface area contributed by atoms with E-state index >= 15 is 0 Å². The Bertz CT molecular complexity index is 540. The molecule has 1 aromatic carbocycles. The molecule has 3 heterocycles. The largest absolute Gasteiger partial charge is 0.491 e. The van der Waals surface area contributed by atoms with Crippen LogP contribution in [0.5, 0.6) is 5.75 Å². The zero-order valence-corrected chi connectivity index (χ0v) is 12.1. The Morgan fingerprint density at radius 3 is 2.70 bits per heavy atom. The summed E-state index contributed by atoms with van der Waals surface area (Å²) in [6, 6.07) is 7.96. The predicted molar refractivity (Wildman–Crippen MR) is 79.5 cm³/mol. The second kappa shape index (κ2) is 5.31. The van der Waals surface area contributed by atoms with Gasteiger partial charge in [0.1, 0.15) is 5.75 Å². The summed E-state index contributed by atoms with van der Waals surface area (Å²) in [7, 11) is 0. The van der Waals surface area contributed by atoms with Gasteiger partial charge in [0.2, 0.25) is 0 Å². The predicted octanol–water partition coefficient (Wildman–Crippen LogP) is 3.11. The minimum Gasteiger partial charge on any atom is -0.491 e. The molecule has 0 aliphatic carbocycles. The van der Waals surface area contributed by atoms with Crippen LogP contribution in [0.2, 0.25) is 0 Å². The first-order chi connectivity index (χ1) is 9.63. The molecule has 0 unspecified atom stereocenters. The van der Waals surface area contributed by atoms with Crippen molar-refractivity contribution in [3.63, 3.8) is 0 Å². The molecule has 0 aromatic heterocycles. The fourth-order valence-electron chi connectivity index (χ4n) is 3.02. The van der Waals surface area contributed by atoms with Gasteiger partial charge in [-0.25, -0.2) is 0 Å². The summed E-state index contributed by atoms with van der Waals surface area (Å²) in [6.07, 6.45) is 4.22. The molecule has 0 amide bonds. The Morgan fingerprint density at radius 2 is 2.05 bits per heavy atom. The van der Waals surface area contributed by atoms with Crippen LogP contribution in [0.1, 0.15) is 32.3 Å². The van der Waals surface area contributed by atoms with Crippen molar-refractivity contribution >= 4 is 11.9 Å². The van der Waals surface area contributed by atoms with Crippen LogP contribution in [0.4, 0.5) is 0 Å². The fourth-order valence-corrected chi connectivity index (χ4v) is 3.02. The Morgan fingerprint density at radius 1 is 1.30 bits per heavy atom. The normalized spacial score (nSPS) is 21.1. The van der Waals surface area contributed by atoms with E-state index in [0.29, 0.717) is 5.78 Å². The van der Waals surface area contributed by atoms with Crippen molar-refractivity contribution in [3.8, 4) is 5.75 Å². The number of benzene rings is 1. The first-order valence-corrected chi connectivity index (χ1v) is 7.41. The summed E-state index contributed by atoms with van der Waals surface area (Å²) in [4.78, 5) is 14.5. The Labute approximate surface area is 120 Å². The number of carbonyl (C=O) groups excluding carboxylic acids is 1. The van der Waals surface area contributed by atoms with Gasteiger partial charge in [-0.15, -0.1) is 0 Å².